The van der Waals surface area contributed by atoms with Gasteiger partial charge in [0, 0.05) is 11.3 Å². The van der Waals surface area contributed by atoms with Crippen molar-refractivity contribution >= 4 is 17.6 Å². The van der Waals surface area contributed by atoms with Crippen LogP contribution in [0.25, 0.3) is 0 Å². The number of aryl methyl sites for hydroxylation is 1. The minimum Gasteiger partial charge on any atom is -0.497 e. The number of hydrogen-bond donors (Lipinski definition) is 3. The van der Waals surface area contributed by atoms with Crippen LogP contribution in [0.2, 0.25) is 0 Å². The number of aromatic amines is 1. The van der Waals surface area contributed by atoms with E-state index in [0.29, 0.717) is 0 Å². The fraction of sp³-hybridized carbons (Fsp3) is 0.267. The van der Waals surface area contributed by atoms with Crippen LogP contribution in [-0.2, 0) is 12.8 Å². The Hall–Kier alpha value is -2.83. The highest BCUT2D eigenvalue weighted by molar-refractivity contribution is 5.93. The molecule has 2 aromatic rings. The van der Waals surface area contributed by atoms with Crippen molar-refractivity contribution in [3.05, 3.63) is 45.9 Å². The predicted octanol–water partition coefficient (Wildman–Crippen LogP) is 1.33. The first kappa shape index (κ1) is 14.1. The highest BCUT2D eigenvalue weighted by Gasteiger charge is 2.16. The Labute approximate surface area is 127 Å². The number of nitrogens with one attached hydrogen (secondary N) is 2. The van der Waals surface area contributed by atoms with E-state index in [1.165, 1.54) is 0 Å². The molecule has 0 fully saturated rings. The number of ether oxygens (including phenoxy) is 1. The van der Waals surface area contributed by atoms with Crippen LogP contribution in [0.1, 0.15) is 17.7 Å². The summed E-state index contributed by atoms with van der Waals surface area (Å²) in [5.41, 5.74) is 8.08. The molecule has 1 aliphatic carbocycles. The van der Waals surface area contributed by atoms with Gasteiger partial charge in [-0.1, -0.05) is 0 Å². The summed E-state index contributed by atoms with van der Waals surface area (Å²) in [6, 6.07) is 7.26. The molecule has 3 rings (SSSR count). The van der Waals surface area contributed by atoms with E-state index >= 15 is 0 Å². The molecule has 1 aliphatic rings. The number of anilines is 1. The summed E-state index contributed by atoms with van der Waals surface area (Å²) in [5.74, 6) is 1.14. The Morgan fingerprint density at radius 3 is 2.86 bits per heavy atom. The van der Waals surface area contributed by atoms with Gasteiger partial charge in [-0.15, -0.1) is 0 Å². The van der Waals surface area contributed by atoms with E-state index in [4.69, 9.17) is 10.5 Å². The summed E-state index contributed by atoms with van der Waals surface area (Å²) in [4.78, 5) is 23.0. The topological polar surface area (TPSA) is 105 Å². The van der Waals surface area contributed by atoms with Gasteiger partial charge in [0.05, 0.1) is 12.8 Å². The van der Waals surface area contributed by atoms with Crippen molar-refractivity contribution in [2.75, 3.05) is 12.4 Å². The lowest BCUT2D eigenvalue weighted by molar-refractivity contribution is 0.415. The van der Waals surface area contributed by atoms with E-state index in [9.17, 15) is 4.79 Å². The number of rotatable bonds is 3. The number of aliphatic imine (C=N–C) groups is 1. The molecular formula is C15H17N5O2. The van der Waals surface area contributed by atoms with Gasteiger partial charge in [0.1, 0.15) is 5.75 Å². The van der Waals surface area contributed by atoms with Crippen molar-refractivity contribution in [3.63, 3.8) is 0 Å². The Bertz CT molecular complexity index is 764. The molecule has 1 aromatic heterocycles. The maximum atomic E-state index is 11.9. The summed E-state index contributed by atoms with van der Waals surface area (Å²) in [7, 11) is 1.61. The largest absolute Gasteiger partial charge is 0.497 e. The second-order valence-corrected chi connectivity index (χ2v) is 5.02. The third kappa shape index (κ3) is 2.93. The number of nitrogens with zero attached hydrogens (tertiary/aromatic N) is 2. The first-order valence-corrected chi connectivity index (χ1v) is 7.03. The van der Waals surface area contributed by atoms with E-state index in [1.807, 2.05) is 24.3 Å². The quantitative estimate of drug-likeness (QED) is 0.585. The van der Waals surface area contributed by atoms with Crippen LogP contribution in [0.3, 0.4) is 0 Å². The Balaban J connectivity index is 1.79. The van der Waals surface area contributed by atoms with Crippen LogP contribution in [0, 0.1) is 0 Å². The average Bonchev–Trinajstić information content (AvgIpc) is 2.97. The van der Waals surface area contributed by atoms with Gasteiger partial charge in [-0.05, 0) is 43.5 Å². The second kappa shape index (κ2) is 5.88. The number of nitrogens with two attached hydrogens (primary N) is 1. The zero-order valence-electron chi connectivity index (χ0n) is 12.2. The van der Waals surface area contributed by atoms with Crippen molar-refractivity contribution in [1.82, 2.24) is 9.97 Å². The first-order valence-electron chi connectivity index (χ1n) is 7.03. The summed E-state index contributed by atoms with van der Waals surface area (Å²) >= 11 is 0. The van der Waals surface area contributed by atoms with E-state index in [1.54, 1.807) is 7.11 Å². The fourth-order valence-corrected chi connectivity index (χ4v) is 2.45. The van der Waals surface area contributed by atoms with Gasteiger partial charge >= 0.3 is 0 Å². The third-order valence-corrected chi connectivity index (χ3v) is 3.52. The van der Waals surface area contributed by atoms with E-state index < -0.39 is 0 Å². The van der Waals surface area contributed by atoms with Crippen LogP contribution < -0.4 is 21.3 Å². The lowest BCUT2D eigenvalue weighted by Gasteiger charge is -2.06. The van der Waals surface area contributed by atoms with Gasteiger partial charge < -0.3 is 15.8 Å². The standard InChI is InChI=1S/C15H17N5O2/c1-22-10-7-5-9(6-8-10)17-14(16)20-15-18-12-4-2-3-11(12)13(21)19-15/h5-8H,2-4H2,1H3,(H4,16,17,18,19,20,21). The van der Waals surface area contributed by atoms with Crippen LogP contribution in [-0.4, -0.2) is 23.0 Å². The van der Waals surface area contributed by atoms with Gasteiger partial charge in [-0.2, -0.15) is 4.99 Å². The molecule has 0 amide bonds. The van der Waals surface area contributed by atoms with E-state index in [2.05, 4.69) is 20.3 Å². The molecule has 7 nitrogen and oxygen atoms in total. The molecule has 0 atom stereocenters. The minimum absolute atomic E-state index is 0.126. The number of methoxy groups -OCH3 is 1. The van der Waals surface area contributed by atoms with Gasteiger partial charge in [0.2, 0.25) is 11.9 Å². The molecule has 4 N–H and O–H groups in total. The first-order chi connectivity index (χ1) is 10.7. The second-order valence-electron chi connectivity index (χ2n) is 5.02. The molecule has 1 aromatic carbocycles. The summed E-state index contributed by atoms with van der Waals surface area (Å²) in [5, 5.41) is 2.94. The number of benzene rings is 1. The van der Waals surface area contributed by atoms with Gasteiger partial charge in [0.15, 0.2) is 0 Å². The van der Waals surface area contributed by atoms with Crippen molar-refractivity contribution in [2.45, 2.75) is 19.3 Å². The van der Waals surface area contributed by atoms with Gasteiger partial charge in [0.25, 0.3) is 5.56 Å². The third-order valence-electron chi connectivity index (χ3n) is 3.52. The molecule has 0 aliphatic heterocycles. The minimum atomic E-state index is -0.126. The number of fused-ring (bicyclic) bond motifs is 1. The molecular weight excluding hydrogens is 282 g/mol. The number of hydrogen-bond acceptors (Lipinski definition) is 4. The van der Waals surface area contributed by atoms with E-state index in [-0.39, 0.29) is 17.5 Å². The maximum absolute atomic E-state index is 11.9. The van der Waals surface area contributed by atoms with Crippen molar-refractivity contribution in [3.8, 4) is 5.75 Å². The van der Waals surface area contributed by atoms with Crippen LogP contribution in [0.5, 0.6) is 5.75 Å². The maximum Gasteiger partial charge on any atom is 0.255 e. The monoisotopic (exact) mass is 299 g/mol. The van der Waals surface area contributed by atoms with Gasteiger partial charge in [-0.3, -0.25) is 9.78 Å². The Morgan fingerprint density at radius 2 is 2.14 bits per heavy atom. The van der Waals surface area contributed by atoms with Crippen molar-refractivity contribution < 1.29 is 4.74 Å². The number of H-pyrrole nitrogens is 1. The molecule has 0 radical (unpaired) electrons. The number of guanidine groups is 1. The highest BCUT2D eigenvalue weighted by atomic mass is 16.5. The van der Waals surface area contributed by atoms with E-state index in [0.717, 1.165) is 42.0 Å². The smallest absolute Gasteiger partial charge is 0.255 e. The molecule has 0 unspecified atom stereocenters. The predicted molar refractivity (Wildman–Crippen MR) is 84.8 cm³/mol. The molecule has 0 saturated carbocycles. The molecule has 7 heteroatoms. The SMILES string of the molecule is COc1ccc(N/C(N)=N/c2nc3c(c(=O)[nH]2)CCC3)cc1. The Kier molecular flexibility index (Phi) is 3.78. The zero-order chi connectivity index (χ0) is 15.5. The van der Waals surface area contributed by atoms with Gasteiger partial charge in [-0.25, -0.2) is 4.98 Å². The molecule has 0 saturated heterocycles. The highest BCUT2D eigenvalue weighted by Crippen LogP contribution is 2.18. The molecule has 0 bridgehead atoms. The fourth-order valence-electron chi connectivity index (χ4n) is 2.45. The molecule has 0 spiro atoms. The summed E-state index contributed by atoms with van der Waals surface area (Å²) in [6.45, 7) is 0. The zero-order valence-corrected chi connectivity index (χ0v) is 12.2. The summed E-state index contributed by atoms with van der Waals surface area (Å²) in [6.07, 6.45) is 2.55. The molecule has 22 heavy (non-hydrogen) atoms. The average molecular weight is 299 g/mol. The lowest BCUT2D eigenvalue weighted by Crippen LogP contribution is -2.23. The molecule has 114 valence electrons. The van der Waals surface area contributed by atoms with Crippen molar-refractivity contribution in [2.24, 2.45) is 10.7 Å². The number of aromatic nitrogens is 2. The summed E-state index contributed by atoms with van der Waals surface area (Å²) < 4.78 is 5.09. The van der Waals surface area contributed by atoms with Crippen LogP contribution in [0.15, 0.2) is 34.1 Å². The van der Waals surface area contributed by atoms with Crippen LogP contribution >= 0.6 is 0 Å². The van der Waals surface area contributed by atoms with Crippen LogP contribution in [0.4, 0.5) is 11.6 Å². The van der Waals surface area contributed by atoms with Crippen molar-refractivity contribution in [1.29, 1.82) is 0 Å². The Morgan fingerprint density at radius 1 is 1.36 bits per heavy atom. The normalized spacial score (nSPS) is 13.8. The molecule has 1 heterocycles. The lowest BCUT2D eigenvalue weighted by atomic mass is 10.3.